The van der Waals surface area contributed by atoms with E-state index in [1.54, 1.807) is 0 Å². The zero-order valence-corrected chi connectivity index (χ0v) is 6.52. The first-order valence-corrected chi connectivity index (χ1v) is 3.64. The summed E-state index contributed by atoms with van der Waals surface area (Å²) in [5, 5.41) is 3.33. The van der Waals surface area contributed by atoms with Crippen LogP contribution in [0.5, 0.6) is 0 Å². The number of hydrogen-bond donors (Lipinski definition) is 2. The van der Waals surface area contributed by atoms with Gasteiger partial charge in [0.05, 0.1) is 0 Å². The highest BCUT2D eigenvalue weighted by molar-refractivity contribution is 5.07. The fourth-order valence-corrected chi connectivity index (χ4v) is 0.790. The number of H-pyrrole nitrogens is 1. The molecule has 0 saturated carbocycles. The Morgan fingerprint density at radius 3 is 2.90 bits per heavy atom. The van der Waals surface area contributed by atoms with Crippen molar-refractivity contribution in [2.75, 3.05) is 0 Å². The molecule has 0 unspecified atom stereocenters. The number of nitrogens with one attached hydrogen (secondary N) is 2. The van der Waals surface area contributed by atoms with Crippen LogP contribution in [0.2, 0.25) is 0 Å². The van der Waals surface area contributed by atoms with Gasteiger partial charge in [-0.25, -0.2) is 0 Å². The molecular formula is C8H14N2. The predicted octanol–water partition coefficient (Wildman–Crippen LogP) is 1.51. The predicted molar refractivity (Wildman–Crippen MR) is 42.8 cm³/mol. The van der Waals surface area contributed by atoms with Crippen molar-refractivity contribution in [1.29, 1.82) is 0 Å². The molecule has 2 heteroatoms. The fourth-order valence-electron chi connectivity index (χ4n) is 0.790. The van der Waals surface area contributed by atoms with Crippen molar-refractivity contribution in [2.45, 2.75) is 26.4 Å². The van der Waals surface area contributed by atoms with Crippen LogP contribution in [0.25, 0.3) is 0 Å². The first-order chi connectivity index (χ1) is 4.79. The van der Waals surface area contributed by atoms with Gasteiger partial charge in [-0.3, -0.25) is 0 Å². The third kappa shape index (κ3) is 2.23. The zero-order chi connectivity index (χ0) is 7.40. The van der Waals surface area contributed by atoms with E-state index in [9.17, 15) is 0 Å². The molecule has 0 aliphatic heterocycles. The van der Waals surface area contributed by atoms with E-state index < -0.39 is 0 Å². The monoisotopic (exact) mass is 138 g/mol. The van der Waals surface area contributed by atoms with Crippen LogP contribution >= 0.6 is 0 Å². The molecule has 0 fully saturated rings. The molecule has 0 atom stereocenters. The molecule has 0 saturated heterocycles. The molecule has 0 amide bonds. The van der Waals surface area contributed by atoms with Gasteiger partial charge in [-0.05, 0) is 11.6 Å². The quantitative estimate of drug-likeness (QED) is 0.651. The number of rotatable bonds is 3. The maximum Gasteiger partial charge on any atom is 0.0222 e. The Morgan fingerprint density at radius 2 is 2.40 bits per heavy atom. The maximum atomic E-state index is 3.33. The summed E-state index contributed by atoms with van der Waals surface area (Å²) in [6.07, 6.45) is 3.95. The van der Waals surface area contributed by atoms with Crippen molar-refractivity contribution < 1.29 is 0 Å². The normalized spacial score (nSPS) is 10.7. The van der Waals surface area contributed by atoms with Crippen LogP contribution in [0, 0.1) is 0 Å². The molecule has 2 N–H and O–H groups in total. The van der Waals surface area contributed by atoms with E-state index in [0.29, 0.717) is 6.04 Å². The minimum atomic E-state index is 0.565. The van der Waals surface area contributed by atoms with Crippen molar-refractivity contribution in [2.24, 2.45) is 0 Å². The van der Waals surface area contributed by atoms with E-state index in [2.05, 4.69) is 30.2 Å². The van der Waals surface area contributed by atoms with Crippen LogP contribution in [0.4, 0.5) is 0 Å². The van der Waals surface area contributed by atoms with E-state index in [-0.39, 0.29) is 0 Å². The van der Waals surface area contributed by atoms with Crippen molar-refractivity contribution >= 4 is 0 Å². The first-order valence-electron chi connectivity index (χ1n) is 3.64. The van der Waals surface area contributed by atoms with Gasteiger partial charge in [0.1, 0.15) is 0 Å². The first kappa shape index (κ1) is 7.35. The summed E-state index contributed by atoms with van der Waals surface area (Å²) in [4.78, 5) is 3.01. The Morgan fingerprint density at radius 1 is 1.60 bits per heavy atom. The second kappa shape index (κ2) is 3.42. The molecule has 0 spiro atoms. The molecule has 1 heterocycles. The average Bonchev–Trinajstić information content (AvgIpc) is 2.34. The minimum Gasteiger partial charge on any atom is -0.367 e. The average molecular weight is 138 g/mol. The van der Waals surface area contributed by atoms with E-state index in [4.69, 9.17) is 0 Å². The molecule has 0 aromatic carbocycles. The molecule has 0 aliphatic carbocycles. The molecule has 1 aromatic heterocycles. The lowest BCUT2D eigenvalue weighted by molar-refractivity contribution is 0.589. The van der Waals surface area contributed by atoms with E-state index in [0.717, 1.165) is 6.54 Å². The van der Waals surface area contributed by atoms with Gasteiger partial charge in [0.15, 0.2) is 0 Å². The molecular weight excluding hydrogens is 124 g/mol. The summed E-state index contributed by atoms with van der Waals surface area (Å²) in [5.74, 6) is 0. The number of aromatic nitrogens is 1. The summed E-state index contributed by atoms with van der Waals surface area (Å²) in [6.45, 7) is 5.25. The molecule has 0 bridgehead atoms. The van der Waals surface area contributed by atoms with Gasteiger partial charge in [-0.1, -0.05) is 13.8 Å². The van der Waals surface area contributed by atoms with Crippen LogP contribution in [-0.4, -0.2) is 11.0 Å². The standard InChI is InChI=1S/C8H14N2/c1-7(2)10-6-8-3-4-9-5-8/h3-5,7,9-10H,6H2,1-2H3. The van der Waals surface area contributed by atoms with Crippen LogP contribution in [0.1, 0.15) is 19.4 Å². The number of aromatic amines is 1. The summed E-state index contributed by atoms with van der Waals surface area (Å²) in [6, 6.07) is 2.64. The smallest absolute Gasteiger partial charge is 0.0222 e. The molecule has 0 radical (unpaired) electrons. The molecule has 1 aromatic rings. The van der Waals surface area contributed by atoms with Crippen LogP contribution in [0.3, 0.4) is 0 Å². The van der Waals surface area contributed by atoms with Crippen molar-refractivity contribution in [3.63, 3.8) is 0 Å². The minimum absolute atomic E-state index is 0.565. The fraction of sp³-hybridized carbons (Fsp3) is 0.500. The van der Waals surface area contributed by atoms with Crippen molar-refractivity contribution in [1.82, 2.24) is 10.3 Å². The summed E-state index contributed by atoms with van der Waals surface area (Å²) in [5.41, 5.74) is 1.31. The third-order valence-corrected chi connectivity index (χ3v) is 1.38. The van der Waals surface area contributed by atoms with Crippen molar-refractivity contribution in [3.05, 3.63) is 24.0 Å². The van der Waals surface area contributed by atoms with Crippen molar-refractivity contribution in [3.8, 4) is 0 Å². The molecule has 0 aliphatic rings. The Labute approximate surface area is 61.7 Å². The van der Waals surface area contributed by atoms with Crippen LogP contribution in [-0.2, 0) is 6.54 Å². The van der Waals surface area contributed by atoms with E-state index >= 15 is 0 Å². The van der Waals surface area contributed by atoms with Crippen LogP contribution in [0.15, 0.2) is 18.5 Å². The SMILES string of the molecule is CC(C)NCc1cc[nH]c1. The molecule has 2 nitrogen and oxygen atoms in total. The van der Waals surface area contributed by atoms with E-state index in [1.165, 1.54) is 5.56 Å². The Balaban J connectivity index is 2.28. The maximum absolute atomic E-state index is 3.33. The highest BCUT2D eigenvalue weighted by atomic mass is 14.9. The molecule has 1 rings (SSSR count). The zero-order valence-electron chi connectivity index (χ0n) is 6.52. The highest BCUT2D eigenvalue weighted by Gasteiger charge is 1.93. The number of hydrogen-bond acceptors (Lipinski definition) is 1. The topological polar surface area (TPSA) is 27.8 Å². The second-order valence-electron chi connectivity index (χ2n) is 2.75. The highest BCUT2D eigenvalue weighted by Crippen LogP contribution is 1.95. The van der Waals surface area contributed by atoms with Gasteiger partial charge in [0.25, 0.3) is 0 Å². The molecule has 10 heavy (non-hydrogen) atoms. The van der Waals surface area contributed by atoms with Gasteiger partial charge >= 0.3 is 0 Å². The summed E-state index contributed by atoms with van der Waals surface area (Å²) >= 11 is 0. The van der Waals surface area contributed by atoms with E-state index in [1.807, 2.05) is 12.4 Å². The lowest BCUT2D eigenvalue weighted by Gasteiger charge is -2.04. The third-order valence-electron chi connectivity index (χ3n) is 1.38. The Bertz CT molecular complexity index is 165. The Hall–Kier alpha value is -0.760. The van der Waals surface area contributed by atoms with Gasteiger partial charge in [-0.2, -0.15) is 0 Å². The summed E-state index contributed by atoms with van der Waals surface area (Å²) in [7, 11) is 0. The Kier molecular flexibility index (Phi) is 2.51. The van der Waals surface area contributed by atoms with Gasteiger partial charge in [-0.15, -0.1) is 0 Å². The van der Waals surface area contributed by atoms with Crippen LogP contribution < -0.4 is 5.32 Å². The van der Waals surface area contributed by atoms with Gasteiger partial charge < -0.3 is 10.3 Å². The second-order valence-corrected chi connectivity index (χ2v) is 2.75. The largest absolute Gasteiger partial charge is 0.367 e. The lowest BCUT2D eigenvalue weighted by atomic mass is 10.3. The van der Waals surface area contributed by atoms with Gasteiger partial charge in [0, 0.05) is 25.0 Å². The molecule has 56 valence electrons. The van der Waals surface area contributed by atoms with Gasteiger partial charge in [0.2, 0.25) is 0 Å². The summed E-state index contributed by atoms with van der Waals surface area (Å²) < 4.78 is 0. The lowest BCUT2D eigenvalue weighted by Crippen LogP contribution is -2.21.